The number of hydrogen-bond donors (Lipinski definition) is 4. The molecule has 11 nitrogen and oxygen atoms in total. The zero-order valence-electron chi connectivity index (χ0n) is 35.5. The molecule has 0 fully saturated rings. The van der Waals surface area contributed by atoms with Crippen LogP contribution >= 0.6 is 0 Å². The van der Waals surface area contributed by atoms with Crippen molar-refractivity contribution < 1.29 is 32.6 Å². The van der Waals surface area contributed by atoms with Gasteiger partial charge in [-0.15, -0.1) is 11.1 Å². The van der Waals surface area contributed by atoms with E-state index in [-0.39, 0.29) is 42.8 Å². The first-order valence-electron chi connectivity index (χ1n) is 19.5. The maximum absolute atomic E-state index is 13.5. The Hall–Kier alpha value is -5.03. The van der Waals surface area contributed by atoms with Crippen molar-refractivity contribution in [1.82, 2.24) is 10.0 Å². The highest BCUT2D eigenvalue weighted by Gasteiger charge is 2.37. The van der Waals surface area contributed by atoms with Gasteiger partial charge in [-0.2, -0.15) is 0 Å². The number of aliphatic carboxylic acids is 1. The Labute approximate surface area is 345 Å². The van der Waals surface area contributed by atoms with Gasteiger partial charge in [0.15, 0.2) is 0 Å². The fraction of sp³-hybridized carbons (Fsp3) is 0.432. The number of guanidine groups is 1. The van der Waals surface area contributed by atoms with E-state index in [0.29, 0.717) is 17.5 Å². The lowest BCUT2D eigenvalue weighted by atomic mass is 9.94. The van der Waals surface area contributed by atoms with Gasteiger partial charge in [0.25, 0.3) is 10.0 Å². The first-order valence-corrected chi connectivity index (χ1v) is 28.0. The molecule has 2 aliphatic rings. The number of fused-ring (bicyclic) bond motifs is 4. The molecule has 14 heteroatoms. The predicted octanol–water partition coefficient (Wildman–Crippen LogP) is 7.15. The van der Waals surface area contributed by atoms with Gasteiger partial charge in [-0.05, 0) is 111 Å². The molecule has 5 rings (SSSR count). The molecule has 5 N–H and O–H groups in total. The fourth-order valence-electron chi connectivity index (χ4n) is 7.18. The van der Waals surface area contributed by atoms with Crippen molar-refractivity contribution >= 4 is 44.2 Å². The molecule has 0 bridgehead atoms. The molecule has 0 unspecified atom stereocenters. The number of carboxylic acid groups (broad SMARTS) is 1. The monoisotopic (exact) mass is 840 g/mol. The van der Waals surface area contributed by atoms with Crippen LogP contribution in [0.15, 0.2) is 46.3 Å². The second kappa shape index (κ2) is 16.7. The Morgan fingerprint density at radius 1 is 0.948 bits per heavy atom. The molecule has 308 valence electrons. The standard InChI is InChI=1S/C44H56N4O7SSi2/c1-27-28(2)40(29(3)36-25-44(4,5)55-39(27)36)56(52,53)48-42(45)46-20-12-13-38(41(49)50)47-43(51)54-26-37-34-23-30(18-21-57(6,7)8)14-16-32(34)33-17-15-31(24-35(33)37)19-22-58(9,10)11/h14-17,23-24,37-38H,12-13,20,25-26H2,1-11H3,(H,47,51)(H,49,50)(H3,45,46,48)/t38-/m0/s1. The van der Waals surface area contributed by atoms with Gasteiger partial charge in [-0.25, -0.2) is 22.7 Å². The summed E-state index contributed by atoms with van der Waals surface area (Å²) in [6, 6.07) is 11.0. The highest BCUT2D eigenvalue weighted by Crippen LogP contribution is 2.46. The van der Waals surface area contributed by atoms with E-state index in [9.17, 15) is 23.1 Å². The minimum Gasteiger partial charge on any atom is -0.487 e. The highest BCUT2D eigenvalue weighted by molar-refractivity contribution is 7.90. The number of carbonyl (C=O) groups excluding carboxylic acids is 1. The smallest absolute Gasteiger partial charge is 0.407 e. The van der Waals surface area contributed by atoms with Crippen LogP contribution in [0.3, 0.4) is 0 Å². The van der Waals surface area contributed by atoms with E-state index in [0.717, 1.165) is 50.3 Å². The molecule has 3 aromatic carbocycles. The van der Waals surface area contributed by atoms with Crippen LogP contribution in [0.4, 0.5) is 4.79 Å². The predicted molar refractivity (Wildman–Crippen MR) is 235 cm³/mol. The fourth-order valence-corrected chi connectivity index (χ4v) is 9.74. The van der Waals surface area contributed by atoms with Gasteiger partial charge in [0.1, 0.15) is 40.1 Å². The lowest BCUT2D eigenvalue weighted by molar-refractivity contribution is -0.139. The van der Waals surface area contributed by atoms with Crippen LogP contribution in [-0.4, -0.2) is 72.5 Å². The van der Waals surface area contributed by atoms with Gasteiger partial charge < -0.3 is 25.6 Å². The minimum absolute atomic E-state index is 0.000677. The molecule has 0 saturated heterocycles. The third-order valence-corrected chi connectivity index (χ3v) is 13.4. The normalized spacial score (nSPS) is 15.1. The van der Waals surface area contributed by atoms with Crippen LogP contribution < -0.4 is 20.5 Å². The van der Waals surface area contributed by atoms with Crippen molar-refractivity contribution in [2.75, 3.05) is 13.2 Å². The second-order valence-corrected chi connectivity index (χ2v) is 29.0. The third-order valence-electron chi connectivity index (χ3n) is 10.0. The van der Waals surface area contributed by atoms with E-state index >= 15 is 0 Å². The van der Waals surface area contributed by atoms with E-state index in [1.165, 1.54) is 0 Å². The van der Waals surface area contributed by atoms with Gasteiger partial charge in [-0.1, -0.05) is 63.3 Å². The zero-order chi connectivity index (χ0) is 43.0. The topological polar surface area (TPSA) is 169 Å². The summed E-state index contributed by atoms with van der Waals surface area (Å²) in [5, 5.41) is 12.4. The summed E-state index contributed by atoms with van der Waals surface area (Å²) in [6.07, 6.45) is -0.111. The number of ether oxygens (including phenoxy) is 2. The van der Waals surface area contributed by atoms with Crippen molar-refractivity contribution in [2.45, 2.75) is 116 Å². The summed E-state index contributed by atoms with van der Waals surface area (Å²) < 4.78 is 41.3. The number of benzene rings is 3. The van der Waals surface area contributed by atoms with Crippen molar-refractivity contribution in [3.63, 3.8) is 0 Å². The molecule has 1 aliphatic carbocycles. The van der Waals surface area contributed by atoms with Gasteiger partial charge in [-0.3, -0.25) is 4.99 Å². The average molecular weight is 841 g/mol. The first kappa shape index (κ1) is 44.1. The number of carboxylic acids is 1. The van der Waals surface area contributed by atoms with Crippen LogP contribution in [0.5, 0.6) is 5.75 Å². The van der Waals surface area contributed by atoms with Gasteiger partial charge in [0, 0.05) is 35.6 Å². The van der Waals surface area contributed by atoms with E-state index in [2.05, 4.69) is 102 Å². The molecule has 1 heterocycles. The summed E-state index contributed by atoms with van der Waals surface area (Å²) in [5.41, 5.74) is 21.0. The number of aliphatic imine (C=N–C) groups is 1. The van der Waals surface area contributed by atoms with Crippen molar-refractivity contribution in [1.29, 1.82) is 0 Å². The van der Waals surface area contributed by atoms with Crippen LogP contribution in [0.2, 0.25) is 39.3 Å². The quantitative estimate of drug-likeness (QED) is 0.0549. The molecule has 0 spiro atoms. The lowest BCUT2D eigenvalue weighted by Gasteiger charge is -2.19. The van der Waals surface area contributed by atoms with E-state index in [1.807, 2.05) is 32.9 Å². The lowest BCUT2D eigenvalue weighted by Crippen LogP contribution is -2.41. The molecule has 1 atom stereocenters. The zero-order valence-corrected chi connectivity index (χ0v) is 38.3. The number of amides is 1. The van der Waals surface area contributed by atoms with E-state index < -0.39 is 49.9 Å². The van der Waals surface area contributed by atoms with Crippen LogP contribution in [0.1, 0.15) is 77.1 Å². The third kappa shape index (κ3) is 10.5. The molecular formula is C44H56N4O7SSi2. The number of rotatable bonds is 10. The number of hydrogen-bond acceptors (Lipinski definition) is 7. The molecule has 0 radical (unpaired) electrons. The summed E-state index contributed by atoms with van der Waals surface area (Å²) in [7, 11) is -7.36. The number of nitrogens with zero attached hydrogens (tertiary/aromatic N) is 1. The highest BCUT2D eigenvalue weighted by atomic mass is 32.2. The van der Waals surface area contributed by atoms with Crippen LogP contribution in [0, 0.1) is 43.7 Å². The number of alkyl carbamates (subject to hydrolysis) is 1. The Balaban J connectivity index is 1.24. The summed E-state index contributed by atoms with van der Waals surface area (Å²) >= 11 is 0. The first-order chi connectivity index (χ1) is 26.9. The van der Waals surface area contributed by atoms with Gasteiger partial charge >= 0.3 is 12.1 Å². The minimum atomic E-state index is -4.10. The average Bonchev–Trinajstić information content (AvgIpc) is 3.61. The molecule has 1 amide bonds. The Kier molecular flexibility index (Phi) is 12.7. The van der Waals surface area contributed by atoms with Crippen molar-refractivity contribution in [2.24, 2.45) is 10.7 Å². The number of nitrogens with one attached hydrogen (secondary N) is 2. The maximum atomic E-state index is 13.5. The molecule has 0 saturated carbocycles. The molecule has 1 aliphatic heterocycles. The summed E-state index contributed by atoms with van der Waals surface area (Å²) in [5.74, 6) is 5.51. The van der Waals surface area contributed by atoms with Crippen LogP contribution in [0.25, 0.3) is 11.1 Å². The summed E-state index contributed by atoms with van der Waals surface area (Å²) in [4.78, 5) is 29.6. The Bertz CT molecular complexity index is 2340. The maximum Gasteiger partial charge on any atom is 0.407 e. The Morgan fingerprint density at radius 3 is 2.02 bits per heavy atom. The molecule has 58 heavy (non-hydrogen) atoms. The molecule has 0 aromatic heterocycles. The van der Waals surface area contributed by atoms with Gasteiger partial charge in [0.2, 0.25) is 5.96 Å². The van der Waals surface area contributed by atoms with E-state index in [4.69, 9.17) is 15.2 Å². The molecule has 3 aromatic rings. The van der Waals surface area contributed by atoms with Crippen LogP contribution in [-0.2, 0) is 26.0 Å². The molecular weight excluding hydrogens is 785 g/mol. The van der Waals surface area contributed by atoms with Gasteiger partial charge in [0.05, 0.1) is 4.90 Å². The Morgan fingerprint density at radius 2 is 1.50 bits per heavy atom. The number of carbonyl (C=O) groups is 2. The second-order valence-electron chi connectivity index (χ2n) is 17.9. The van der Waals surface area contributed by atoms with Crippen molar-refractivity contribution in [3.05, 3.63) is 80.9 Å². The number of sulfonamides is 1. The summed E-state index contributed by atoms with van der Waals surface area (Å²) in [6.45, 7) is 22.4. The number of nitrogens with two attached hydrogens (primary N) is 1. The largest absolute Gasteiger partial charge is 0.487 e. The van der Waals surface area contributed by atoms with Crippen molar-refractivity contribution in [3.8, 4) is 39.8 Å². The van der Waals surface area contributed by atoms with E-state index in [1.54, 1.807) is 13.8 Å². The SMILES string of the molecule is Cc1c(C)c(S(=O)(=O)NC(N)=NCCC[C@H](NC(=O)OCC2c3cc(C#C[Si](C)(C)C)ccc3-c3ccc(C#C[Si](C)(C)C)cc32)C(=O)O)c(C)c2c1OC(C)(C)C2.